The number of amides is 1. The summed E-state index contributed by atoms with van der Waals surface area (Å²) in [7, 11) is 4.63. The highest BCUT2D eigenvalue weighted by atomic mass is 35.5. The predicted molar refractivity (Wildman–Crippen MR) is 108 cm³/mol. The van der Waals surface area contributed by atoms with Gasteiger partial charge in [-0.3, -0.25) is 4.79 Å². The molecule has 2 N–H and O–H groups in total. The molecule has 0 aliphatic carbocycles. The van der Waals surface area contributed by atoms with Crippen LogP contribution in [0.3, 0.4) is 0 Å². The monoisotopic (exact) mass is 402 g/mol. The van der Waals surface area contributed by atoms with Gasteiger partial charge >= 0.3 is 0 Å². The Labute approximate surface area is 166 Å². The Morgan fingerprint density at radius 1 is 1.07 bits per heavy atom. The van der Waals surface area contributed by atoms with Gasteiger partial charge in [-0.2, -0.15) is 0 Å². The minimum absolute atomic E-state index is 0.452. The van der Waals surface area contributed by atoms with Gasteiger partial charge in [-0.15, -0.1) is 0 Å². The fraction of sp³-hybridized carbons (Fsp3) is 0.211. The summed E-state index contributed by atoms with van der Waals surface area (Å²) >= 11 is 6.06. The summed E-state index contributed by atoms with van der Waals surface area (Å²) in [6.45, 7) is 0.452. The number of carbonyl (C=O) groups excluding carboxylic acids is 1. The zero-order valence-corrected chi connectivity index (χ0v) is 16.3. The second kappa shape index (κ2) is 8.62. The number of benzene rings is 2. The third-order valence-electron chi connectivity index (χ3n) is 4.14. The Balaban J connectivity index is 1.98. The van der Waals surface area contributed by atoms with Crippen LogP contribution in [0.2, 0.25) is 5.02 Å². The summed E-state index contributed by atoms with van der Waals surface area (Å²) in [5, 5.41) is 7.03. The Kier molecular flexibility index (Phi) is 6.00. The van der Waals surface area contributed by atoms with E-state index in [1.165, 1.54) is 13.4 Å². The number of rotatable bonds is 8. The maximum atomic E-state index is 10.7. The van der Waals surface area contributed by atoms with Crippen molar-refractivity contribution in [3.8, 4) is 17.2 Å². The first-order chi connectivity index (χ1) is 13.6. The van der Waals surface area contributed by atoms with Crippen molar-refractivity contribution in [1.82, 2.24) is 9.97 Å². The molecule has 0 radical (unpaired) electrons. The van der Waals surface area contributed by atoms with E-state index < -0.39 is 0 Å². The third-order valence-corrected chi connectivity index (χ3v) is 4.47. The largest absolute Gasteiger partial charge is 0.493 e. The summed E-state index contributed by atoms with van der Waals surface area (Å²) in [5.74, 6) is 2.04. The van der Waals surface area contributed by atoms with E-state index in [-0.39, 0.29) is 0 Å². The predicted octanol–water partition coefficient (Wildman–Crippen LogP) is 3.49. The van der Waals surface area contributed by atoms with Gasteiger partial charge in [0.2, 0.25) is 12.2 Å². The van der Waals surface area contributed by atoms with Gasteiger partial charge in [0.05, 0.1) is 37.4 Å². The lowest BCUT2D eigenvalue weighted by Gasteiger charge is -2.16. The molecule has 0 saturated heterocycles. The first-order valence-corrected chi connectivity index (χ1v) is 8.66. The second-order valence-electron chi connectivity index (χ2n) is 5.69. The molecule has 0 bridgehead atoms. The van der Waals surface area contributed by atoms with Crippen LogP contribution in [0.5, 0.6) is 17.2 Å². The van der Waals surface area contributed by atoms with Gasteiger partial charge in [0, 0.05) is 6.54 Å². The molecule has 1 heterocycles. The standard InChI is InChI=1S/C19H19ClN4O4/c1-26-15-7-12-16(18(28-3)17(15)27-2)22-9-23-19(12)21-8-11-4-5-13(20)14(6-11)24-10-25/h4-7,9-10H,8H2,1-3H3,(H,24,25)(H,21,22,23). The Hall–Kier alpha value is -3.26. The Morgan fingerprint density at radius 2 is 1.86 bits per heavy atom. The van der Waals surface area contributed by atoms with E-state index >= 15 is 0 Å². The molecule has 0 unspecified atom stereocenters. The number of nitrogens with zero attached hydrogens (tertiary/aromatic N) is 2. The van der Waals surface area contributed by atoms with Crippen molar-refractivity contribution in [2.24, 2.45) is 0 Å². The van der Waals surface area contributed by atoms with Crippen molar-refractivity contribution in [2.75, 3.05) is 32.0 Å². The quantitative estimate of drug-likeness (QED) is 0.557. The number of nitrogens with one attached hydrogen (secondary N) is 2. The number of halogens is 1. The summed E-state index contributed by atoms with van der Waals surface area (Å²) in [4.78, 5) is 19.4. The van der Waals surface area contributed by atoms with Gasteiger partial charge in [0.1, 0.15) is 17.7 Å². The van der Waals surface area contributed by atoms with Gasteiger partial charge in [-0.1, -0.05) is 17.7 Å². The lowest BCUT2D eigenvalue weighted by Crippen LogP contribution is -2.05. The molecule has 1 amide bonds. The maximum Gasteiger partial charge on any atom is 0.211 e. The van der Waals surface area contributed by atoms with E-state index in [2.05, 4.69) is 20.6 Å². The number of hydrogen-bond acceptors (Lipinski definition) is 7. The lowest BCUT2D eigenvalue weighted by molar-refractivity contribution is -0.105. The van der Waals surface area contributed by atoms with Crippen LogP contribution in [-0.2, 0) is 11.3 Å². The van der Waals surface area contributed by atoms with Crippen molar-refractivity contribution < 1.29 is 19.0 Å². The van der Waals surface area contributed by atoms with Crippen LogP contribution < -0.4 is 24.8 Å². The zero-order chi connectivity index (χ0) is 20.1. The zero-order valence-electron chi connectivity index (χ0n) is 15.6. The molecule has 0 spiro atoms. The van der Waals surface area contributed by atoms with Gasteiger partial charge < -0.3 is 24.8 Å². The maximum absolute atomic E-state index is 10.7. The van der Waals surface area contributed by atoms with Crippen LogP contribution in [0.15, 0.2) is 30.6 Å². The van der Waals surface area contributed by atoms with E-state index in [9.17, 15) is 4.79 Å². The summed E-state index contributed by atoms with van der Waals surface area (Å²) in [6.07, 6.45) is 2.03. The van der Waals surface area contributed by atoms with Gasteiger partial charge in [-0.25, -0.2) is 9.97 Å². The van der Waals surface area contributed by atoms with E-state index in [0.717, 1.165) is 10.9 Å². The number of aromatic nitrogens is 2. The van der Waals surface area contributed by atoms with Gasteiger partial charge in [0.25, 0.3) is 0 Å². The molecule has 1 aromatic heterocycles. The highest BCUT2D eigenvalue weighted by molar-refractivity contribution is 6.33. The van der Waals surface area contributed by atoms with E-state index in [4.69, 9.17) is 25.8 Å². The first-order valence-electron chi connectivity index (χ1n) is 8.29. The minimum atomic E-state index is 0.452. The molecule has 9 heteroatoms. The van der Waals surface area contributed by atoms with Crippen LogP contribution in [0.25, 0.3) is 10.9 Å². The fourth-order valence-electron chi connectivity index (χ4n) is 2.85. The molecule has 3 rings (SSSR count). The molecular weight excluding hydrogens is 384 g/mol. The highest BCUT2D eigenvalue weighted by Crippen LogP contribution is 2.43. The molecule has 0 fully saturated rings. The first kappa shape index (κ1) is 19.5. The number of fused-ring (bicyclic) bond motifs is 1. The van der Waals surface area contributed by atoms with Crippen molar-refractivity contribution in [1.29, 1.82) is 0 Å². The number of hydrogen-bond donors (Lipinski definition) is 2. The molecule has 2 aromatic carbocycles. The molecule has 0 aliphatic rings. The van der Waals surface area contributed by atoms with E-state index in [1.54, 1.807) is 32.4 Å². The summed E-state index contributed by atoms with van der Waals surface area (Å²) in [6, 6.07) is 7.16. The summed E-state index contributed by atoms with van der Waals surface area (Å²) in [5.41, 5.74) is 2.04. The van der Waals surface area contributed by atoms with Crippen LogP contribution in [0.4, 0.5) is 11.5 Å². The average Bonchev–Trinajstić information content (AvgIpc) is 2.72. The Morgan fingerprint density at radius 3 is 2.54 bits per heavy atom. The highest BCUT2D eigenvalue weighted by Gasteiger charge is 2.19. The van der Waals surface area contributed by atoms with Crippen LogP contribution >= 0.6 is 11.6 Å². The Bertz CT molecular complexity index is 1010. The third kappa shape index (κ3) is 3.72. The molecule has 0 aliphatic heterocycles. The van der Waals surface area contributed by atoms with E-state index in [0.29, 0.717) is 52.2 Å². The van der Waals surface area contributed by atoms with Gasteiger partial charge in [0.15, 0.2) is 11.5 Å². The smallest absolute Gasteiger partial charge is 0.211 e. The van der Waals surface area contributed by atoms with Crippen molar-refractivity contribution in [2.45, 2.75) is 6.54 Å². The van der Waals surface area contributed by atoms with Crippen LogP contribution in [0.1, 0.15) is 5.56 Å². The van der Waals surface area contributed by atoms with Crippen LogP contribution in [-0.4, -0.2) is 37.7 Å². The molecule has 0 saturated carbocycles. The summed E-state index contributed by atoms with van der Waals surface area (Å²) < 4.78 is 16.3. The molecule has 3 aromatic rings. The number of carbonyl (C=O) groups is 1. The molecule has 28 heavy (non-hydrogen) atoms. The SMILES string of the molecule is COc1cc2c(NCc3ccc(Cl)c(NC=O)c3)ncnc2c(OC)c1OC. The number of methoxy groups -OCH3 is 3. The molecular formula is C19H19ClN4O4. The number of anilines is 2. The van der Waals surface area contributed by atoms with Gasteiger partial charge in [-0.05, 0) is 23.8 Å². The lowest BCUT2D eigenvalue weighted by atomic mass is 10.1. The van der Waals surface area contributed by atoms with Crippen LogP contribution in [0, 0.1) is 0 Å². The molecule has 8 nitrogen and oxygen atoms in total. The van der Waals surface area contributed by atoms with Crippen molar-refractivity contribution >= 4 is 40.4 Å². The second-order valence-corrected chi connectivity index (χ2v) is 6.10. The molecule has 146 valence electrons. The van der Waals surface area contributed by atoms with Crippen molar-refractivity contribution in [3.63, 3.8) is 0 Å². The average molecular weight is 403 g/mol. The number of ether oxygens (including phenoxy) is 3. The van der Waals surface area contributed by atoms with Crippen molar-refractivity contribution in [3.05, 3.63) is 41.2 Å². The normalized spacial score (nSPS) is 10.4. The molecule has 0 atom stereocenters. The van der Waals surface area contributed by atoms with E-state index in [1.807, 2.05) is 6.07 Å². The fourth-order valence-corrected chi connectivity index (χ4v) is 3.02. The minimum Gasteiger partial charge on any atom is -0.493 e. The topological polar surface area (TPSA) is 94.6 Å².